The molecule has 0 saturated carbocycles. The van der Waals surface area contributed by atoms with Gasteiger partial charge < -0.3 is 10.5 Å². The second-order valence-corrected chi connectivity index (χ2v) is 6.39. The predicted octanol–water partition coefficient (Wildman–Crippen LogP) is 6.01. The lowest BCUT2D eigenvalue weighted by atomic mass is 10.1. The Hall–Kier alpha value is -1.02. The molecular formula is C20H35NO. The molecule has 22 heavy (non-hydrogen) atoms. The van der Waals surface area contributed by atoms with Gasteiger partial charge in [0.05, 0.1) is 6.61 Å². The zero-order valence-electron chi connectivity index (χ0n) is 14.7. The molecule has 0 aromatic heterocycles. The van der Waals surface area contributed by atoms with E-state index in [0.717, 1.165) is 24.3 Å². The summed E-state index contributed by atoms with van der Waals surface area (Å²) in [6.07, 6.45) is 13.6. The largest absolute Gasteiger partial charge is 0.494 e. The summed E-state index contributed by atoms with van der Waals surface area (Å²) >= 11 is 0. The summed E-state index contributed by atoms with van der Waals surface area (Å²) in [6.45, 7) is 5.10. The maximum atomic E-state index is 5.84. The van der Waals surface area contributed by atoms with Crippen molar-refractivity contribution in [1.29, 1.82) is 0 Å². The van der Waals surface area contributed by atoms with Crippen LogP contribution in [0.1, 0.15) is 89.7 Å². The zero-order chi connectivity index (χ0) is 16.0. The number of unbranched alkanes of at least 4 members (excludes halogenated alkanes) is 9. The summed E-state index contributed by atoms with van der Waals surface area (Å²) < 4.78 is 5.77. The Morgan fingerprint density at radius 3 is 1.82 bits per heavy atom. The number of hydrogen-bond donors (Lipinski definition) is 1. The van der Waals surface area contributed by atoms with Crippen LogP contribution in [-0.2, 0) is 0 Å². The molecule has 0 aliphatic carbocycles. The van der Waals surface area contributed by atoms with Crippen molar-refractivity contribution in [3.8, 4) is 5.75 Å². The van der Waals surface area contributed by atoms with E-state index in [1.165, 1.54) is 57.8 Å². The average molecular weight is 306 g/mol. The van der Waals surface area contributed by atoms with Crippen molar-refractivity contribution in [3.63, 3.8) is 0 Å². The van der Waals surface area contributed by atoms with Crippen LogP contribution >= 0.6 is 0 Å². The van der Waals surface area contributed by atoms with E-state index in [1.54, 1.807) is 0 Å². The second kappa shape index (κ2) is 12.5. The van der Waals surface area contributed by atoms with Gasteiger partial charge in [0, 0.05) is 6.04 Å². The van der Waals surface area contributed by atoms with Gasteiger partial charge in [0.15, 0.2) is 0 Å². The molecule has 0 aliphatic heterocycles. The highest BCUT2D eigenvalue weighted by Crippen LogP contribution is 2.16. The standard InChI is InChI=1S/C20H35NO/c1-3-4-5-6-7-8-9-10-11-12-17-22-20-15-13-19(14-16-20)18(2)21/h13-16,18H,3-12,17,21H2,1-2H3. The van der Waals surface area contributed by atoms with Crippen LogP contribution in [0, 0.1) is 0 Å². The maximum absolute atomic E-state index is 5.84. The molecule has 1 atom stereocenters. The first-order chi connectivity index (χ1) is 10.7. The number of benzene rings is 1. The van der Waals surface area contributed by atoms with Gasteiger partial charge in [-0.1, -0.05) is 76.8 Å². The lowest BCUT2D eigenvalue weighted by Gasteiger charge is -2.09. The fourth-order valence-corrected chi connectivity index (χ4v) is 2.65. The molecular weight excluding hydrogens is 270 g/mol. The third-order valence-electron chi connectivity index (χ3n) is 4.17. The minimum Gasteiger partial charge on any atom is -0.494 e. The number of ether oxygens (including phenoxy) is 1. The third kappa shape index (κ3) is 9.09. The summed E-state index contributed by atoms with van der Waals surface area (Å²) in [7, 11) is 0. The molecule has 2 N–H and O–H groups in total. The molecule has 1 aromatic rings. The molecule has 126 valence electrons. The lowest BCUT2D eigenvalue weighted by Crippen LogP contribution is -2.04. The zero-order valence-corrected chi connectivity index (χ0v) is 14.7. The van der Waals surface area contributed by atoms with E-state index in [1.807, 2.05) is 19.1 Å². The number of hydrogen-bond acceptors (Lipinski definition) is 2. The van der Waals surface area contributed by atoms with Gasteiger partial charge in [-0.15, -0.1) is 0 Å². The van der Waals surface area contributed by atoms with Crippen molar-refractivity contribution >= 4 is 0 Å². The molecule has 1 aromatic carbocycles. The van der Waals surface area contributed by atoms with Crippen LogP contribution in [0.15, 0.2) is 24.3 Å². The van der Waals surface area contributed by atoms with E-state index in [0.29, 0.717) is 0 Å². The Morgan fingerprint density at radius 2 is 1.32 bits per heavy atom. The van der Waals surface area contributed by atoms with Gasteiger partial charge in [-0.3, -0.25) is 0 Å². The molecule has 1 unspecified atom stereocenters. The molecule has 1 rings (SSSR count). The summed E-state index contributed by atoms with van der Waals surface area (Å²) in [5, 5.41) is 0. The number of rotatable bonds is 13. The molecule has 2 nitrogen and oxygen atoms in total. The van der Waals surface area contributed by atoms with E-state index in [2.05, 4.69) is 19.1 Å². The Kier molecular flexibility index (Phi) is 10.8. The minimum absolute atomic E-state index is 0.0935. The van der Waals surface area contributed by atoms with E-state index < -0.39 is 0 Å². The third-order valence-corrected chi connectivity index (χ3v) is 4.17. The topological polar surface area (TPSA) is 35.2 Å². The SMILES string of the molecule is CCCCCCCCCCCCOc1ccc(C(C)N)cc1. The summed E-state index contributed by atoms with van der Waals surface area (Å²) in [5.74, 6) is 0.959. The fourth-order valence-electron chi connectivity index (χ4n) is 2.65. The van der Waals surface area contributed by atoms with Crippen LogP contribution in [0.5, 0.6) is 5.75 Å². The first-order valence-corrected chi connectivity index (χ1v) is 9.22. The van der Waals surface area contributed by atoms with Gasteiger partial charge >= 0.3 is 0 Å². The lowest BCUT2D eigenvalue weighted by molar-refractivity contribution is 0.304. The van der Waals surface area contributed by atoms with Crippen LogP contribution in [0.2, 0.25) is 0 Å². The second-order valence-electron chi connectivity index (χ2n) is 6.39. The average Bonchev–Trinajstić information content (AvgIpc) is 2.53. The molecule has 0 heterocycles. The monoisotopic (exact) mass is 305 g/mol. The smallest absolute Gasteiger partial charge is 0.119 e. The predicted molar refractivity (Wildman–Crippen MR) is 96.4 cm³/mol. The summed E-state index contributed by atoms with van der Waals surface area (Å²) in [4.78, 5) is 0. The maximum Gasteiger partial charge on any atom is 0.119 e. The molecule has 0 amide bonds. The van der Waals surface area contributed by atoms with Crippen molar-refractivity contribution in [1.82, 2.24) is 0 Å². The van der Waals surface area contributed by atoms with Crippen LogP contribution in [0.25, 0.3) is 0 Å². The number of nitrogens with two attached hydrogens (primary N) is 1. The molecule has 0 aliphatic rings. The highest BCUT2D eigenvalue weighted by molar-refractivity contribution is 5.28. The van der Waals surface area contributed by atoms with Gasteiger partial charge in [0.2, 0.25) is 0 Å². The highest BCUT2D eigenvalue weighted by Gasteiger charge is 1.99. The van der Waals surface area contributed by atoms with Crippen LogP contribution in [0.4, 0.5) is 0 Å². The fraction of sp³-hybridized carbons (Fsp3) is 0.700. The van der Waals surface area contributed by atoms with Crippen LogP contribution in [0.3, 0.4) is 0 Å². The first-order valence-electron chi connectivity index (χ1n) is 9.22. The van der Waals surface area contributed by atoms with Crippen molar-refractivity contribution < 1.29 is 4.74 Å². The molecule has 0 saturated heterocycles. The normalized spacial score (nSPS) is 12.3. The van der Waals surface area contributed by atoms with Crippen molar-refractivity contribution in [3.05, 3.63) is 29.8 Å². The summed E-state index contributed by atoms with van der Waals surface area (Å²) in [5.41, 5.74) is 7.00. The molecule has 0 spiro atoms. The van der Waals surface area contributed by atoms with Crippen LogP contribution < -0.4 is 10.5 Å². The van der Waals surface area contributed by atoms with Crippen molar-refractivity contribution in [2.75, 3.05) is 6.61 Å². The van der Waals surface area contributed by atoms with E-state index in [9.17, 15) is 0 Å². The van der Waals surface area contributed by atoms with Gasteiger partial charge in [-0.2, -0.15) is 0 Å². The molecule has 0 fully saturated rings. The van der Waals surface area contributed by atoms with Crippen LogP contribution in [-0.4, -0.2) is 6.61 Å². The Bertz CT molecular complexity index is 358. The van der Waals surface area contributed by atoms with E-state index in [-0.39, 0.29) is 6.04 Å². The van der Waals surface area contributed by atoms with Gasteiger partial charge in [0.25, 0.3) is 0 Å². The Morgan fingerprint density at radius 1 is 0.818 bits per heavy atom. The van der Waals surface area contributed by atoms with E-state index in [4.69, 9.17) is 10.5 Å². The minimum atomic E-state index is 0.0935. The van der Waals surface area contributed by atoms with Gasteiger partial charge in [0.1, 0.15) is 5.75 Å². The van der Waals surface area contributed by atoms with Gasteiger partial charge in [-0.25, -0.2) is 0 Å². The quantitative estimate of drug-likeness (QED) is 0.453. The first kappa shape index (κ1) is 19.0. The Balaban J connectivity index is 1.93. The van der Waals surface area contributed by atoms with Crippen molar-refractivity contribution in [2.45, 2.75) is 84.1 Å². The summed E-state index contributed by atoms with van der Waals surface area (Å²) in [6, 6.07) is 8.25. The molecule has 2 heteroatoms. The van der Waals surface area contributed by atoms with Gasteiger partial charge in [-0.05, 0) is 31.0 Å². The highest BCUT2D eigenvalue weighted by atomic mass is 16.5. The van der Waals surface area contributed by atoms with Crippen molar-refractivity contribution in [2.24, 2.45) is 5.73 Å². The molecule has 0 bridgehead atoms. The molecule has 0 radical (unpaired) electrons. The Labute approximate surface area is 137 Å². The van der Waals surface area contributed by atoms with E-state index >= 15 is 0 Å².